The van der Waals surface area contributed by atoms with E-state index in [4.69, 9.17) is 4.55 Å². The first-order chi connectivity index (χ1) is 6.47. The summed E-state index contributed by atoms with van der Waals surface area (Å²) < 4.78 is 30.2. The highest BCUT2D eigenvalue weighted by atomic mass is 79.9. The second kappa shape index (κ2) is 4.72. The lowest BCUT2D eigenvalue weighted by Gasteiger charge is -1.93. The molecule has 0 aliphatic rings. The Morgan fingerprint density at radius 3 is 2.36 bits per heavy atom. The molecule has 0 heterocycles. The molecule has 0 aliphatic heterocycles. The zero-order valence-electron chi connectivity index (χ0n) is 7.22. The van der Waals surface area contributed by atoms with Gasteiger partial charge in [0.1, 0.15) is 0 Å². The number of hydrogen-bond donors (Lipinski definition) is 1. The van der Waals surface area contributed by atoms with Gasteiger partial charge in [-0.25, -0.2) is 0 Å². The van der Waals surface area contributed by atoms with Gasteiger partial charge in [0.2, 0.25) is 0 Å². The van der Waals surface area contributed by atoms with E-state index in [-0.39, 0.29) is 5.75 Å². The summed E-state index contributed by atoms with van der Waals surface area (Å²) in [6, 6.07) is 7.38. The van der Waals surface area contributed by atoms with Crippen LogP contribution in [0.4, 0.5) is 0 Å². The summed E-state index contributed by atoms with van der Waals surface area (Å²) in [5.74, 6) is -0.358. The molecule has 0 spiro atoms. The van der Waals surface area contributed by atoms with Gasteiger partial charge in [-0.1, -0.05) is 40.2 Å². The van der Waals surface area contributed by atoms with Crippen molar-refractivity contribution in [2.24, 2.45) is 0 Å². The Hall–Kier alpha value is -0.650. The van der Waals surface area contributed by atoms with Crippen molar-refractivity contribution in [3.05, 3.63) is 40.4 Å². The van der Waals surface area contributed by atoms with Crippen LogP contribution in [0.5, 0.6) is 0 Å². The molecule has 0 bridgehead atoms. The lowest BCUT2D eigenvalue weighted by molar-refractivity contribution is 0.487. The Morgan fingerprint density at radius 2 is 1.86 bits per heavy atom. The topological polar surface area (TPSA) is 54.4 Å². The fourth-order valence-electron chi connectivity index (χ4n) is 0.880. The third-order valence-corrected chi connectivity index (χ3v) is 2.63. The van der Waals surface area contributed by atoms with E-state index >= 15 is 0 Å². The molecule has 3 nitrogen and oxygen atoms in total. The van der Waals surface area contributed by atoms with Crippen molar-refractivity contribution in [3.63, 3.8) is 0 Å². The number of benzene rings is 1. The first-order valence-electron chi connectivity index (χ1n) is 3.85. The van der Waals surface area contributed by atoms with E-state index in [0.717, 1.165) is 10.0 Å². The molecular weight excluding hydrogens is 268 g/mol. The van der Waals surface area contributed by atoms with Crippen molar-refractivity contribution in [1.82, 2.24) is 0 Å². The summed E-state index contributed by atoms with van der Waals surface area (Å²) in [7, 11) is -3.90. The van der Waals surface area contributed by atoms with Gasteiger partial charge in [0.05, 0.1) is 5.75 Å². The average molecular weight is 277 g/mol. The summed E-state index contributed by atoms with van der Waals surface area (Å²) in [5, 5.41) is 0. The Bertz CT molecular complexity index is 420. The van der Waals surface area contributed by atoms with E-state index in [1.165, 1.54) is 6.08 Å². The Balaban J connectivity index is 2.65. The van der Waals surface area contributed by atoms with Gasteiger partial charge in [0, 0.05) is 4.47 Å². The van der Waals surface area contributed by atoms with E-state index in [0.29, 0.717) is 0 Å². The van der Waals surface area contributed by atoms with Gasteiger partial charge in [-0.05, 0) is 17.7 Å². The van der Waals surface area contributed by atoms with Crippen LogP contribution in [0.1, 0.15) is 5.56 Å². The van der Waals surface area contributed by atoms with Crippen LogP contribution in [0.2, 0.25) is 0 Å². The fourth-order valence-corrected chi connectivity index (χ4v) is 1.48. The predicted octanol–water partition coefficient (Wildman–Crippen LogP) is 2.35. The van der Waals surface area contributed by atoms with Crippen LogP contribution < -0.4 is 0 Å². The minimum Gasteiger partial charge on any atom is -0.285 e. The van der Waals surface area contributed by atoms with Crippen molar-refractivity contribution in [1.29, 1.82) is 0 Å². The second-order valence-electron chi connectivity index (χ2n) is 2.70. The third-order valence-electron chi connectivity index (χ3n) is 1.49. The van der Waals surface area contributed by atoms with Crippen molar-refractivity contribution in [2.75, 3.05) is 5.75 Å². The highest BCUT2D eigenvalue weighted by molar-refractivity contribution is 9.10. The maximum atomic E-state index is 10.4. The van der Waals surface area contributed by atoms with Crippen LogP contribution in [-0.2, 0) is 10.1 Å². The molecule has 0 radical (unpaired) electrons. The summed E-state index contributed by atoms with van der Waals surface area (Å²) in [6.07, 6.45) is 3.04. The quantitative estimate of drug-likeness (QED) is 0.863. The third kappa shape index (κ3) is 4.55. The SMILES string of the molecule is O=S(=O)(O)C/C=C/c1ccc(Br)cc1. The normalized spacial score (nSPS) is 12.1. The first-order valence-corrected chi connectivity index (χ1v) is 6.25. The van der Waals surface area contributed by atoms with Crippen molar-refractivity contribution in [2.45, 2.75) is 0 Å². The number of rotatable bonds is 3. The minimum atomic E-state index is -3.90. The van der Waals surface area contributed by atoms with Crippen molar-refractivity contribution < 1.29 is 13.0 Å². The molecule has 0 aliphatic carbocycles. The molecule has 0 aromatic heterocycles. The summed E-state index contributed by atoms with van der Waals surface area (Å²) in [4.78, 5) is 0. The van der Waals surface area contributed by atoms with Crippen LogP contribution in [0.15, 0.2) is 34.8 Å². The molecular formula is C9H9BrO3S. The summed E-state index contributed by atoms with van der Waals surface area (Å²) in [5.41, 5.74) is 0.886. The van der Waals surface area contributed by atoms with Crippen LogP contribution in [0.25, 0.3) is 6.08 Å². The molecule has 1 aromatic rings. The fraction of sp³-hybridized carbons (Fsp3) is 0.111. The molecule has 1 aromatic carbocycles. The zero-order chi connectivity index (χ0) is 10.6. The highest BCUT2D eigenvalue weighted by Crippen LogP contribution is 2.11. The molecule has 0 fully saturated rings. The van der Waals surface area contributed by atoms with Gasteiger partial charge in [-0.15, -0.1) is 0 Å². The molecule has 1 rings (SSSR count). The molecule has 5 heteroatoms. The Kier molecular flexibility index (Phi) is 3.86. The van der Waals surface area contributed by atoms with Gasteiger partial charge in [0.15, 0.2) is 0 Å². The maximum Gasteiger partial charge on any atom is 0.268 e. The molecule has 0 unspecified atom stereocenters. The zero-order valence-corrected chi connectivity index (χ0v) is 9.62. The summed E-state index contributed by atoms with van der Waals surface area (Å²) in [6.45, 7) is 0. The molecule has 76 valence electrons. The average Bonchev–Trinajstić information content (AvgIpc) is 2.06. The minimum absolute atomic E-state index is 0.358. The first kappa shape index (κ1) is 11.4. The van der Waals surface area contributed by atoms with E-state index < -0.39 is 10.1 Å². The lowest BCUT2D eigenvalue weighted by Crippen LogP contribution is -1.99. The summed E-state index contributed by atoms with van der Waals surface area (Å²) >= 11 is 3.29. The van der Waals surface area contributed by atoms with Crippen LogP contribution >= 0.6 is 15.9 Å². The highest BCUT2D eigenvalue weighted by Gasteiger charge is 1.98. The standard InChI is InChI=1S/C9H9BrO3S/c10-9-5-3-8(4-6-9)2-1-7-14(11,12)13/h1-6H,7H2,(H,11,12,13)/b2-1+. The Labute approximate surface area is 91.3 Å². The number of hydrogen-bond acceptors (Lipinski definition) is 2. The van der Waals surface area contributed by atoms with Gasteiger partial charge in [0.25, 0.3) is 10.1 Å². The van der Waals surface area contributed by atoms with Gasteiger partial charge in [-0.2, -0.15) is 8.42 Å². The molecule has 0 amide bonds. The molecule has 0 atom stereocenters. The van der Waals surface area contributed by atoms with Gasteiger partial charge in [-0.3, -0.25) is 4.55 Å². The Morgan fingerprint density at radius 1 is 1.29 bits per heavy atom. The van der Waals surface area contributed by atoms with Crippen molar-refractivity contribution in [3.8, 4) is 0 Å². The van der Waals surface area contributed by atoms with E-state index in [1.807, 2.05) is 24.3 Å². The van der Waals surface area contributed by atoms with E-state index in [9.17, 15) is 8.42 Å². The molecule has 0 saturated heterocycles. The van der Waals surface area contributed by atoms with Crippen LogP contribution in [-0.4, -0.2) is 18.7 Å². The molecule has 0 saturated carbocycles. The smallest absolute Gasteiger partial charge is 0.268 e. The monoisotopic (exact) mass is 276 g/mol. The second-order valence-corrected chi connectivity index (χ2v) is 5.12. The van der Waals surface area contributed by atoms with Crippen LogP contribution in [0.3, 0.4) is 0 Å². The molecule has 1 N–H and O–H groups in total. The number of halogens is 1. The van der Waals surface area contributed by atoms with Gasteiger partial charge >= 0.3 is 0 Å². The van der Waals surface area contributed by atoms with Gasteiger partial charge < -0.3 is 0 Å². The van der Waals surface area contributed by atoms with Crippen molar-refractivity contribution >= 4 is 32.1 Å². The largest absolute Gasteiger partial charge is 0.285 e. The van der Waals surface area contributed by atoms with Crippen LogP contribution in [0, 0.1) is 0 Å². The molecule has 14 heavy (non-hydrogen) atoms. The van der Waals surface area contributed by atoms with E-state index in [2.05, 4.69) is 15.9 Å². The van der Waals surface area contributed by atoms with E-state index in [1.54, 1.807) is 6.08 Å². The maximum absolute atomic E-state index is 10.4. The lowest BCUT2D eigenvalue weighted by atomic mass is 10.2. The predicted molar refractivity (Wildman–Crippen MR) is 59.6 cm³/mol.